The van der Waals surface area contributed by atoms with Gasteiger partial charge in [-0.05, 0) is 50.8 Å². The van der Waals surface area contributed by atoms with Crippen LogP contribution in [0.4, 0.5) is 0 Å². The van der Waals surface area contributed by atoms with Crippen molar-refractivity contribution in [2.75, 3.05) is 39.3 Å². The predicted octanol–water partition coefficient (Wildman–Crippen LogP) is 2.09. The van der Waals surface area contributed by atoms with Gasteiger partial charge in [0.25, 0.3) is 11.9 Å². The highest BCUT2D eigenvalue weighted by atomic mass is 16.4. The van der Waals surface area contributed by atoms with E-state index in [4.69, 9.17) is 19.8 Å². The molecule has 3 N–H and O–H groups in total. The molecular weight excluding hydrogens is 410 g/mol. The number of hydrogen-bond donors (Lipinski definition) is 3. The Balaban J connectivity index is 0.000000395. The molecule has 3 fully saturated rings. The maximum absolute atomic E-state index is 13.2. The number of rotatable bonds is 4. The fraction of sp³-hybridized carbons (Fsp3) is 0.625. The van der Waals surface area contributed by atoms with Crippen LogP contribution in [0.1, 0.15) is 45.1 Å². The summed E-state index contributed by atoms with van der Waals surface area (Å²) in [7, 11) is 0. The molecule has 3 aliphatic heterocycles. The molecule has 0 saturated carbocycles. The second-order valence-corrected chi connectivity index (χ2v) is 8.85. The van der Waals surface area contributed by atoms with Crippen LogP contribution in [0, 0.1) is 5.41 Å². The predicted molar refractivity (Wildman–Crippen MR) is 122 cm³/mol. The quantitative estimate of drug-likeness (QED) is 0.648. The lowest BCUT2D eigenvalue weighted by molar-refractivity contribution is -0.147. The summed E-state index contributed by atoms with van der Waals surface area (Å²) in [5.41, 5.74) is 1.07. The monoisotopic (exact) mass is 447 g/mol. The third-order valence-electron chi connectivity index (χ3n) is 6.17. The summed E-state index contributed by atoms with van der Waals surface area (Å²) in [6, 6.07) is 11.2. The van der Waals surface area contributed by atoms with Crippen LogP contribution in [0.5, 0.6) is 0 Å². The minimum Gasteiger partial charge on any atom is -0.481 e. The molecule has 8 heteroatoms. The normalized spacial score (nSPS) is 20.1. The zero-order valence-corrected chi connectivity index (χ0v) is 19.3. The van der Waals surface area contributed by atoms with E-state index in [0.29, 0.717) is 11.9 Å². The molecule has 3 heterocycles. The molecule has 3 aliphatic rings. The van der Waals surface area contributed by atoms with E-state index in [9.17, 15) is 4.79 Å². The Labute approximate surface area is 190 Å². The van der Waals surface area contributed by atoms with Crippen molar-refractivity contribution >= 4 is 17.8 Å². The lowest BCUT2D eigenvalue weighted by Crippen LogP contribution is -2.64. The third kappa shape index (κ3) is 7.91. The summed E-state index contributed by atoms with van der Waals surface area (Å²) in [5, 5.41) is 18.2. The first-order chi connectivity index (χ1) is 15.2. The maximum atomic E-state index is 13.2. The van der Waals surface area contributed by atoms with Crippen molar-refractivity contribution in [1.82, 2.24) is 15.1 Å². The van der Waals surface area contributed by atoms with E-state index in [1.54, 1.807) is 0 Å². The number of carboxylic acids is 2. The summed E-state index contributed by atoms with van der Waals surface area (Å²) in [6.45, 7) is 8.23. The number of benzene rings is 1. The Morgan fingerprint density at radius 2 is 1.44 bits per heavy atom. The van der Waals surface area contributed by atoms with Gasteiger partial charge in [0.1, 0.15) is 0 Å². The van der Waals surface area contributed by atoms with Crippen molar-refractivity contribution in [3.05, 3.63) is 35.9 Å². The van der Waals surface area contributed by atoms with Crippen molar-refractivity contribution < 1.29 is 24.6 Å². The van der Waals surface area contributed by atoms with Gasteiger partial charge in [-0.2, -0.15) is 0 Å². The minimum atomic E-state index is -0.833. The minimum absolute atomic E-state index is 0.207. The highest BCUT2D eigenvalue weighted by Gasteiger charge is 2.47. The largest absolute Gasteiger partial charge is 0.481 e. The van der Waals surface area contributed by atoms with E-state index >= 15 is 0 Å². The van der Waals surface area contributed by atoms with Crippen LogP contribution in [0.15, 0.2) is 30.3 Å². The lowest BCUT2D eigenvalue weighted by atomic mass is 9.74. The molecule has 8 nitrogen and oxygen atoms in total. The number of aliphatic carboxylic acids is 2. The Bertz CT molecular complexity index is 717. The summed E-state index contributed by atoms with van der Waals surface area (Å²) < 4.78 is 0. The third-order valence-corrected chi connectivity index (χ3v) is 6.17. The fourth-order valence-corrected chi connectivity index (χ4v) is 4.64. The van der Waals surface area contributed by atoms with Crippen LogP contribution in [0.25, 0.3) is 0 Å². The Hall–Kier alpha value is -2.45. The van der Waals surface area contributed by atoms with Gasteiger partial charge < -0.3 is 25.3 Å². The first-order valence-electron chi connectivity index (χ1n) is 11.4. The van der Waals surface area contributed by atoms with Gasteiger partial charge in [0, 0.05) is 46.1 Å². The van der Waals surface area contributed by atoms with Gasteiger partial charge in [-0.1, -0.05) is 30.3 Å². The molecule has 32 heavy (non-hydrogen) atoms. The average Bonchev–Trinajstić information content (AvgIpc) is 3.25. The van der Waals surface area contributed by atoms with Gasteiger partial charge in [-0.3, -0.25) is 14.4 Å². The van der Waals surface area contributed by atoms with Gasteiger partial charge in [0.05, 0.1) is 5.41 Å². The van der Waals surface area contributed by atoms with Gasteiger partial charge in [-0.15, -0.1) is 0 Å². The van der Waals surface area contributed by atoms with E-state index in [1.165, 1.54) is 31.5 Å². The molecule has 1 amide bonds. The number of piperidine rings is 1. The van der Waals surface area contributed by atoms with Crippen LogP contribution in [0.3, 0.4) is 0 Å². The number of hydrogen-bond acceptors (Lipinski definition) is 5. The molecule has 4 rings (SSSR count). The van der Waals surface area contributed by atoms with Crippen LogP contribution >= 0.6 is 0 Å². The Morgan fingerprint density at radius 1 is 0.938 bits per heavy atom. The van der Waals surface area contributed by atoms with E-state index in [-0.39, 0.29) is 5.41 Å². The van der Waals surface area contributed by atoms with Gasteiger partial charge in [0.15, 0.2) is 0 Å². The number of nitrogens with one attached hydrogen (secondary N) is 1. The van der Waals surface area contributed by atoms with E-state index in [1.807, 2.05) is 6.07 Å². The molecule has 3 saturated heterocycles. The average molecular weight is 448 g/mol. The number of carbonyl (C=O) groups is 3. The van der Waals surface area contributed by atoms with E-state index in [0.717, 1.165) is 59.3 Å². The molecule has 0 bridgehead atoms. The zero-order chi connectivity index (χ0) is 23.6. The topological polar surface area (TPSA) is 110 Å². The first-order valence-corrected chi connectivity index (χ1v) is 11.4. The number of carboxylic acid groups (broad SMARTS) is 2. The van der Waals surface area contributed by atoms with Crippen molar-refractivity contribution in [2.45, 2.75) is 52.0 Å². The molecule has 1 aromatic rings. The molecule has 0 aromatic heterocycles. The summed E-state index contributed by atoms with van der Waals surface area (Å²) in [6.07, 6.45) is 5.88. The fourth-order valence-electron chi connectivity index (χ4n) is 4.64. The van der Waals surface area contributed by atoms with Crippen LogP contribution in [0.2, 0.25) is 0 Å². The van der Waals surface area contributed by atoms with E-state index in [2.05, 4.69) is 39.4 Å². The smallest absolute Gasteiger partial charge is 0.300 e. The van der Waals surface area contributed by atoms with Gasteiger partial charge in [-0.25, -0.2) is 0 Å². The van der Waals surface area contributed by atoms with Gasteiger partial charge >= 0.3 is 0 Å². The van der Waals surface area contributed by atoms with Gasteiger partial charge in [0.2, 0.25) is 5.91 Å². The second-order valence-electron chi connectivity index (χ2n) is 8.85. The number of carbonyl (C=O) groups excluding carboxylic acids is 1. The van der Waals surface area contributed by atoms with Crippen molar-refractivity contribution in [3.8, 4) is 0 Å². The highest BCUT2D eigenvalue weighted by molar-refractivity contribution is 5.85. The van der Waals surface area contributed by atoms with Crippen molar-refractivity contribution in [1.29, 1.82) is 0 Å². The maximum Gasteiger partial charge on any atom is 0.300 e. The number of likely N-dealkylation sites (tertiary alicyclic amines) is 2. The Morgan fingerprint density at radius 3 is 1.88 bits per heavy atom. The van der Waals surface area contributed by atoms with Crippen LogP contribution < -0.4 is 5.32 Å². The van der Waals surface area contributed by atoms with Crippen LogP contribution in [-0.4, -0.2) is 83.2 Å². The molecule has 0 radical (unpaired) electrons. The standard InChI is InChI=1S/C20H29N3O.2C2H4O2/c24-19(20(15-21-16-20)14-17-6-2-1-3-7-17)23-12-8-18(9-13-23)22-10-4-5-11-22;2*1-2(3)4/h1-3,6-7,18,21H,4-5,8-16H2;2*1H3,(H,3,4). The number of nitrogens with zero attached hydrogens (tertiary/aromatic N) is 2. The summed E-state index contributed by atoms with van der Waals surface area (Å²) >= 11 is 0. The Kier molecular flexibility index (Phi) is 10.1. The second kappa shape index (κ2) is 12.6. The molecule has 0 unspecified atom stereocenters. The lowest BCUT2D eigenvalue weighted by Gasteiger charge is -2.46. The molecular formula is C24H37N3O5. The molecule has 0 aliphatic carbocycles. The molecule has 0 atom stereocenters. The summed E-state index contributed by atoms with van der Waals surface area (Å²) in [5.74, 6) is -1.29. The number of amides is 1. The molecule has 1 aromatic carbocycles. The van der Waals surface area contributed by atoms with Crippen molar-refractivity contribution in [3.63, 3.8) is 0 Å². The van der Waals surface area contributed by atoms with Crippen LogP contribution in [-0.2, 0) is 20.8 Å². The van der Waals surface area contributed by atoms with Crippen molar-refractivity contribution in [2.24, 2.45) is 5.41 Å². The summed E-state index contributed by atoms with van der Waals surface area (Å²) in [4.78, 5) is 36.0. The molecule has 178 valence electrons. The SMILES string of the molecule is CC(=O)O.CC(=O)O.O=C(N1CCC(N2CCCC2)CC1)C1(Cc2ccccc2)CNC1. The zero-order valence-electron chi connectivity index (χ0n) is 19.3. The highest BCUT2D eigenvalue weighted by Crippen LogP contribution is 2.32. The van der Waals surface area contributed by atoms with E-state index < -0.39 is 11.9 Å². The molecule has 0 spiro atoms. The first kappa shape index (κ1) is 25.8.